The summed E-state index contributed by atoms with van der Waals surface area (Å²) in [6, 6.07) is 6.96. The molecule has 0 bridgehead atoms. The van der Waals surface area contributed by atoms with E-state index in [4.69, 9.17) is 0 Å². The number of hydrogen-bond acceptors (Lipinski definition) is 1. The van der Waals surface area contributed by atoms with Crippen LogP contribution in [0.3, 0.4) is 0 Å². The molecule has 0 amide bonds. The van der Waals surface area contributed by atoms with Crippen LogP contribution in [0, 0.1) is 17.8 Å². The summed E-state index contributed by atoms with van der Waals surface area (Å²) in [7, 11) is 1.14. The van der Waals surface area contributed by atoms with Gasteiger partial charge in [0.2, 0.25) is 0 Å². The Hall–Kier alpha value is -1.02. The monoisotopic (exact) mass is 341 g/mol. The second-order valence-corrected chi connectivity index (χ2v) is 10.4. The van der Waals surface area contributed by atoms with Crippen molar-refractivity contribution in [3.8, 4) is 0 Å². The molecule has 0 spiro atoms. The first-order chi connectivity index (χ1) is 11.2. The molecule has 0 radical (unpaired) electrons. The van der Waals surface area contributed by atoms with Crippen LogP contribution in [-0.2, 0) is 0 Å². The molecule has 0 heterocycles. The number of hydrogen-bond donors (Lipinski definition) is 1. The zero-order valence-corrected chi connectivity index (χ0v) is 18.4. The van der Waals surface area contributed by atoms with E-state index in [1.807, 2.05) is 0 Å². The molecule has 0 unspecified atom stereocenters. The van der Waals surface area contributed by atoms with Crippen molar-refractivity contribution in [2.75, 3.05) is 6.54 Å². The maximum Gasteiger partial charge on any atom is 0.158 e. The number of aryl methyl sites for hydroxylation is 1. The van der Waals surface area contributed by atoms with E-state index in [9.17, 15) is 0 Å². The van der Waals surface area contributed by atoms with E-state index in [0.29, 0.717) is 10.8 Å². The molecule has 0 aliphatic heterocycles. The van der Waals surface area contributed by atoms with Crippen molar-refractivity contribution in [3.63, 3.8) is 0 Å². The largest absolute Gasteiger partial charge is 0.308 e. The molecular formula is C23H40BN. The van der Waals surface area contributed by atoms with Crippen molar-refractivity contribution in [1.29, 1.82) is 0 Å². The number of rotatable bonds is 6. The summed E-state index contributed by atoms with van der Waals surface area (Å²) in [6.07, 6.45) is 3.56. The summed E-state index contributed by atoms with van der Waals surface area (Å²) in [5.74, 6) is 0. The minimum atomic E-state index is 0.157. The average Bonchev–Trinajstić information content (AvgIpc) is 2.44. The van der Waals surface area contributed by atoms with Crippen LogP contribution in [-0.4, -0.2) is 19.4 Å². The fourth-order valence-corrected chi connectivity index (χ4v) is 2.55. The van der Waals surface area contributed by atoms with Gasteiger partial charge in [-0.3, -0.25) is 0 Å². The maximum atomic E-state index is 3.57. The Balaban J connectivity index is 2.86. The molecule has 0 fully saturated rings. The highest BCUT2D eigenvalue weighted by Gasteiger charge is 2.32. The van der Waals surface area contributed by atoms with E-state index in [1.54, 1.807) is 0 Å². The fourth-order valence-electron chi connectivity index (χ4n) is 2.55. The number of benzene rings is 1. The molecule has 2 heteroatoms. The second kappa shape index (κ2) is 8.12. The van der Waals surface area contributed by atoms with Crippen LogP contribution in [0.4, 0.5) is 0 Å². The Kier molecular flexibility index (Phi) is 7.16. The van der Waals surface area contributed by atoms with Crippen LogP contribution in [0.2, 0.25) is 6.32 Å². The van der Waals surface area contributed by atoms with E-state index in [0.717, 1.165) is 13.8 Å². The van der Waals surface area contributed by atoms with Crippen LogP contribution in [0.1, 0.15) is 73.4 Å². The van der Waals surface area contributed by atoms with Crippen molar-refractivity contribution in [3.05, 3.63) is 34.9 Å². The van der Waals surface area contributed by atoms with Gasteiger partial charge < -0.3 is 5.32 Å². The molecule has 1 aromatic carbocycles. The van der Waals surface area contributed by atoms with E-state index in [-0.39, 0.29) is 5.54 Å². The Morgan fingerprint density at radius 1 is 1.04 bits per heavy atom. The Labute approximate surface area is 157 Å². The quantitative estimate of drug-likeness (QED) is 0.689. The van der Waals surface area contributed by atoms with Gasteiger partial charge >= 0.3 is 0 Å². The Morgan fingerprint density at radius 3 is 2.16 bits per heavy atom. The zero-order chi connectivity index (χ0) is 19.5. The van der Waals surface area contributed by atoms with Crippen LogP contribution < -0.4 is 10.8 Å². The van der Waals surface area contributed by atoms with Crippen molar-refractivity contribution < 1.29 is 0 Å². The molecule has 0 saturated carbocycles. The zero-order valence-electron chi connectivity index (χ0n) is 18.4. The van der Waals surface area contributed by atoms with Gasteiger partial charge in [0.1, 0.15) is 0 Å². The molecular weight excluding hydrogens is 301 g/mol. The minimum Gasteiger partial charge on any atom is -0.308 e. The van der Waals surface area contributed by atoms with Crippen LogP contribution in [0.15, 0.2) is 23.8 Å². The van der Waals surface area contributed by atoms with Gasteiger partial charge in [-0.05, 0) is 56.6 Å². The standard InChI is InChI=1S/C23H40BN/c1-17(15-25-22(6,7)8)13-19-14-20(12-11-18(19)2)24-16-23(9,10)21(3,4)5/h11-14,24-25H,15-16H2,1-10H3/b17-13+. The molecule has 1 nitrogen and oxygen atoms in total. The van der Waals surface area contributed by atoms with E-state index in [2.05, 4.69) is 98.8 Å². The molecule has 25 heavy (non-hydrogen) atoms. The lowest BCUT2D eigenvalue weighted by Gasteiger charge is -2.39. The molecule has 1 rings (SSSR count). The molecule has 0 atom stereocenters. The van der Waals surface area contributed by atoms with E-state index in [1.165, 1.54) is 28.5 Å². The molecule has 1 aromatic rings. The molecule has 140 valence electrons. The topological polar surface area (TPSA) is 12.0 Å². The normalized spacial score (nSPS) is 13.9. The summed E-state index contributed by atoms with van der Waals surface area (Å²) in [4.78, 5) is 0. The third-order valence-corrected chi connectivity index (χ3v) is 5.71. The SMILES string of the molecule is C/C(=C\c1cc(BCC(C)(C)C(C)(C)C)ccc1C)CNC(C)(C)C. The lowest BCUT2D eigenvalue weighted by Crippen LogP contribution is -2.36. The van der Waals surface area contributed by atoms with Crippen LogP contribution >= 0.6 is 0 Å². The highest BCUT2D eigenvalue weighted by Crippen LogP contribution is 2.40. The van der Waals surface area contributed by atoms with Crippen molar-refractivity contribution in [2.45, 2.75) is 81.1 Å². The summed E-state index contributed by atoms with van der Waals surface area (Å²) in [5.41, 5.74) is 6.37. The maximum absolute atomic E-state index is 3.57. The third-order valence-electron chi connectivity index (χ3n) is 5.71. The van der Waals surface area contributed by atoms with Gasteiger partial charge in [-0.1, -0.05) is 76.2 Å². The van der Waals surface area contributed by atoms with Gasteiger partial charge in [0.05, 0.1) is 0 Å². The third kappa shape index (κ3) is 7.40. The minimum absolute atomic E-state index is 0.157. The first-order valence-electron chi connectivity index (χ1n) is 9.73. The molecule has 0 saturated heterocycles. The smallest absolute Gasteiger partial charge is 0.158 e. The van der Waals surface area contributed by atoms with Crippen molar-refractivity contribution in [1.82, 2.24) is 5.32 Å². The summed E-state index contributed by atoms with van der Waals surface area (Å²) in [5, 5.41) is 3.57. The van der Waals surface area contributed by atoms with E-state index >= 15 is 0 Å². The second-order valence-electron chi connectivity index (χ2n) is 10.4. The van der Waals surface area contributed by atoms with Gasteiger partial charge in [0.25, 0.3) is 0 Å². The van der Waals surface area contributed by atoms with Gasteiger partial charge in [0.15, 0.2) is 7.28 Å². The van der Waals surface area contributed by atoms with Crippen molar-refractivity contribution in [2.24, 2.45) is 10.8 Å². The first-order valence-corrected chi connectivity index (χ1v) is 9.73. The molecule has 0 aliphatic rings. The van der Waals surface area contributed by atoms with Gasteiger partial charge in [-0.15, -0.1) is 0 Å². The highest BCUT2D eigenvalue weighted by atomic mass is 14.9. The number of nitrogens with one attached hydrogen (secondary N) is 1. The molecule has 0 aromatic heterocycles. The summed E-state index contributed by atoms with van der Waals surface area (Å²) < 4.78 is 0. The Morgan fingerprint density at radius 2 is 1.64 bits per heavy atom. The lowest BCUT2D eigenvalue weighted by atomic mass is 9.53. The Bertz CT molecular complexity index is 597. The van der Waals surface area contributed by atoms with Crippen molar-refractivity contribution >= 4 is 18.8 Å². The lowest BCUT2D eigenvalue weighted by molar-refractivity contribution is 0.157. The predicted octanol–water partition coefficient (Wildman–Crippen LogP) is 5.34. The summed E-state index contributed by atoms with van der Waals surface area (Å²) in [6.45, 7) is 23.8. The summed E-state index contributed by atoms with van der Waals surface area (Å²) >= 11 is 0. The van der Waals surface area contributed by atoms with Crippen LogP contribution in [0.25, 0.3) is 6.08 Å². The predicted molar refractivity (Wildman–Crippen MR) is 117 cm³/mol. The molecule has 1 N–H and O–H groups in total. The first kappa shape index (κ1) is 22.0. The molecule has 0 aliphatic carbocycles. The van der Waals surface area contributed by atoms with Gasteiger partial charge in [0, 0.05) is 12.1 Å². The fraction of sp³-hybridized carbons (Fsp3) is 0.652. The van der Waals surface area contributed by atoms with Crippen LogP contribution in [0.5, 0.6) is 0 Å². The van der Waals surface area contributed by atoms with E-state index < -0.39 is 0 Å². The van der Waals surface area contributed by atoms with Gasteiger partial charge in [-0.25, -0.2) is 0 Å². The average molecular weight is 341 g/mol. The highest BCUT2D eigenvalue weighted by molar-refractivity contribution is 6.53. The van der Waals surface area contributed by atoms with Gasteiger partial charge in [-0.2, -0.15) is 0 Å².